The maximum absolute atomic E-state index is 12.6. The van der Waals surface area contributed by atoms with Crippen molar-refractivity contribution in [1.29, 1.82) is 0 Å². The quantitative estimate of drug-likeness (QED) is 0.731. The molecule has 2 aliphatic heterocycles. The zero-order valence-electron chi connectivity index (χ0n) is 16.5. The van der Waals surface area contributed by atoms with Crippen LogP contribution in [-0.4, -0.2) is 54.1 Å². The smallest absolute Gasteiger partial charge is 0.222 e. The van der Waals surface area contributed by atoms with Gasteiger partial charge in [-0.2, -0.15) is 0 Å². The van der Waals surface area contributed by atoms with Crippen molar-refractivity contribution in [1.82, 2.24) is 9.80 Å². The molecule has 27 heavy (non-hydrogen) atoms. The van der Waals surface area contributed by atoms with Crippen molar-refractivity contribution in [2.75, 3.05) is 26.3 Å². The zero-order valence-corrected chi connectivity index (χ0v) is 16.5. The fraction of sp³-hybridized carbons (Fsp3) is 0.696. The molecule has 4 rings (SSSR count). The minimum absolute atomic E-state index is 0.379. The summed E-state index contributed by atoms with van der Waals surface area (Å²) in [7, 11) is 0. The number of amides is 1. The van der Waals surface area contributed by atoms with Gasteiger partial charge >= 0.3 is 0 Å². The van der Waals surface area contributed by atoms with Crippen LogP contribution in [0.2, 0.25) is 0 Å². The Kier molecular flexibility index (Phi) is 6.46. The fourth-order valence-corrected chi connectivity index (χ4v) is 5.02. The molecule has 0 atom stereocenters. The molecular weight excluding hydrogens is 336 g/mol. The first-order valence-electron chi connectivity index (χ1n) is 10.9. The third kappa shape index (κ3) is 4.91. The summed E-state index contributed by atoms with van der Waals surface area (Å²) in [4.78, 5) is 17.3. The molecule has 1 saturated carbocycles. The number of ether oxygens (including phenoxy) is 1. The molecule has 1 aromatic rings. The van der Waals surface area contributed by atoms with Crippen molar-refractivity contribution in [2.24, 2.45) is 5.92 Å². The molecule has 0 spiro atoms. The first-order valence-corrected chi connectivity index (χ1v) is 10.9. The van der Waals surface area contributed by atoms with Crippen LogP contribution in [0.15, 0.2) is 30.3 Å². The summed E-state index contributed by atoms with van der Waals surface area (Å²) < 4.78 is 5.58. The van der Waals surface area contributed by atoms with Crippen molar-refractivity contribution in [3.8, 4) is 0 Å². The van der Waals surface area contributed by atoms with Crippen LogP contribution in [0.5, 0.6) is 0 Å². The number of carbonyl (C=O) groups excluding carboxylic acids is 1. The fourth-order valence-electron chi connectivity index (χ4n) is 5.02. The van der Waals surface area contributed by atoms with Crippen LogP contribution in [0, 0.1) is 5.92 Å². The van der Waals surface area contributed by atoms with Gasteiger partial charge in [-0.15, -0.1) is 0 Å². The number of nitrogens with zero attached hydrogens (tertiary/aromatic N) is 2. The number of carbonyl (C=O) groups is 1. The SMILES string of the molecule is O=C(CCC1CCCC1)N1CC(N(Cc2ccccc2)C2CCOCC2)C1. The molecule has 4 nitrogen and oxygen atoms in total. The minimum Gasteiger partial charge on any atom is -0.381 e. The highest BCUT2D eigenvalue weighted by molar-refractivity contribution is 5.77. The summed E-state index contributed by atoms with van der Waals surface area (Å²) >= 11 is 0. The van der Waals surface area contributed by atoms with Crippen LogP contribution in [0.4, 0.5) is 0 Å². The summed E-state index contributed by atoms with van der Waals surface area (Å²) in [6.45, 7) is 4.54. The highest BCUT2D eigenvalue weighted by atomic mass is 16.5. The molecule has 1 aliphatic carbocycles. The van der Waals surface area contributed by atoms with E-state index in [1.165, 1.54) is 31.2 Å². The number of benzene rings is 1. The Balaban J connectivity index is 1.30. The van der Waals surface area contributed by atoms with E-state index in [0.717, 1.165) is 64.4 Å². The number of hydrogen-bond donors (Lipinski definition) is 0. The maximum atomic E-state index is 12.6. The van der Waals surface area contributed by atoms with Crippen molar-refractivity contribution in [2.45, 2.75) is 70.0 Å². The van der Waals surface area contributed by atoms with Gasteiger partial charge in [-0.25, -0.2) is 0 Å². The van der Waals surface area contributed by atoms with Crippen molar-refractivity contribution < 1.29 is 9.53 Å². The molecule has 0 unspecified atom stereocenters. The Morgan fingerprint density at radius 3 is 2.41 bits per heavy atom. The van der Waals surface area contributed by atoms with Gasteiger partial charge in [-0.3, -0.25) is 9.69 Å². The second kappa shape index (κ2) is 9.20. The summed E-state index contributed by atoms with van der Waals surface area (Å²) in [6, 6.07) is 11.8. The van der Waals surface area contributed by atoms with Gasteiger partial charge in [0.25, 0.3) is 0 Å². The van der Waals surface area contributed by atoms with Gasteiger partial charge in [-0.05, 0) is 30.7 Å². The molecule has 3 fully saturated rings. The number of hydrogen-bond acceptors (Lipinski definition) is 3. The van der Waals surface area contributed by atoms with E-state index in [4.69, 9.17) is 4.74 Å². The predicted molar refractivity (Wildman–Crippen MR) is 107 cm³/mol. The Labute approximate surface area is 163 Å². The van der Waals surface area contributed by atoms with Crippen molar-refractivity contribution in [3.63, 3.8) is 0 Å². The lowest BCUT2D eigenvalue weighted by Gasteiger charge is -2.49. The van der Waals surface area contributed by atoms with E-state index < -0.39 is 0 Å². The lowest BCUT2D eigenvalue weighted by Crippen LogP contribution is -2.63. The van der Waals surface area contributed by atoms with Gasteiger partial charge in [0.05, 0.1) is 0 Å². The predicted octanol–water partition coefficient (Wildman–Crippen LogP) is 3.85. The van der Waals surface area contributed by atoms with Crippen LogP contribution < -0.4 is 0 Å². The monoisotopic (exact) mass is 370 g/mol. The summed E-state index contributed by atoms with van der Waals surface area (Å²) in [5, 5.41) is 0. The topological polar surface area (TPSA) is 32.8 Å². The normalized spacial score (nSPS) is 22.3. The van der Waals surface area contributed by atoms with Crippen molar-refractivity contribution >= 4 is 5.91 Å². The van der Waals surface area contributed by atoms with E-state index in [2.05, 4.69) is 40.1 Å². The van der Waals surface area contributed by atoms with E-state index >= 15 is 0 Å². The highest BCUT2D eigenvalue weighted by Gasteiger charge is 2.38. The molecule has 4 heteroatoms. The average molecular weight is 371 g/mol. The number of rotatable bonds is 7. The first kappa shape index (κ1) is 18.9. The molecule has 3 aliphatic rings. The molecule has 2 heterocycles. The van der Waals surface area contributed by atoms with Crippen LogP contribution in [0.1, 0.15) is 56.9 Å². The summed E-state index contributed by atoms with van der Waals surface area (Å²) in [5.74, 6) is 1.19. The number of likely N-dealkylation sites (tertiary alicyclic amines) is 1. The third-order valence-electron chi connectivity index (χ3n) is 6.79. The van der Waals surface area contributed by atoms with Gasteiger partial charge in [0.15, 0.2) is 0 Å². The van der Waals surface area contributed by atoms with Crippen LogP contribution in [0.25, 0.3) is 0 Å². The maximum Gasteiger partial charge on any atom is 0.222 e. The standard InChI is InChI=1S/C23H34N2O2/c26-23(11-10-19-6-4-5-7-19)24-17-22(18-24)25(21-12-14-27-15-13-21)16-20-8-2-1-3-9-20/h1-3,8-9,19,21-22H,4-7,10-18H2. The Morgan fingerprint density at radius 1 is 1.00 bits per heavy atom. The van der Waals surface area contributed by atoms with Crippen LogP contribution >= 0.6 is 0 Å². The summed E-state index contributed by atoms with van der Waals surface area (Å²) in [5.41, 5.74) is 1.37. The van der Waals surface area contributed by atoms with Gasteiger partial charge in [0.2, 0.25) is 5.91 Å². The lowest BCUT2D eigenvalue weighted by molar-refractivity contribution is -0.141. The van der Waals surface area contributed by atoms with E-state index in [0.29, 0.717) is 18.0 Å². The Morgan fingerprint density at radius 2 is 1.70 bits per heavy atom. The Hall–Kier alpha value is -1.39. The molecule has 2 saturated heterocycles. The zero-order chi connectivity index (χ0) is 18.5. The lowest BCUT2D eigenvalue weighted by atomic mass is 9.97. The van der Waals surface area contributed by atoms with Gasteiger partial charge in [0.1, 0.15) is 0 Å². The van der Waals surface area contributed by atoms with Gasteiger partial charge < -0.3 is 9.64 Å². The molecule has 0 bridgehead atoms. The average Bonchev–Trinajstić information content (AvgIpc) is 3.19. The van der Waals surface area contributed by atoms with Gasteiger partial charge in [-0.1, -0.05) is 56.0 Å². The molecule has 148 valence electrons. The molecular formula is C23H34N2O2. The second-order valence-corrected chi connectivity index (χ2v) is 8.64. The Bertz CT molecular complexity index is 588. The first-order chi connectivity index (χ1) is 13.3. The molecule has 0 aromatic heterocycles. The van der Waals surface area contributed by atoms with E-state index in [9.17, 15) is 4.79 Å². The molecule has 0 N–H and O–H groups in total. The van der Waals surface area contributed by atoms with Gasteiger partial charge in [0, 0.05) is 51.4 Å². The highest BCUT2D eigenvalue weighted by Crippen LogP contribution is 2.30. The van der Waals surface area contributed by atoms with Crippen LogP contribution in [-0.2, 0) is 16.1 Å². The molecule has 0 radical (unpaired) electrons. The molecule has 1 amide bonds. The minimum atomic E-state index is 0.379. The van der Waals surface area contributed by atoms with E-state index in [1.807, 2.05) is 0 Å². The van der Waals surface area contributed by atoms with Crippen LogP contribution in [0.3, 0.4) is 0 Å². The largest absolute Gasteiger partial charge is 0.381 e. The molecule has 1 aromatic carbocycles. The second-order valence-electron chi connectivity index (χ2n) is 8.64. The van der Waals surface area contributed by atoms with E-state index in [-0.39, 0.29) is 0 Å². The summed E-state index contributed by atoms with van der Waals surface area (Å²) in [6.07, 6.45) is 9.49. The van der Waals surface area contributed by atoms with Crippen molar-refractivity contribution in [3.05, 3.63) is 35.9 Å². The third-order valence-corrected chi connectivity index (χ3v) is 6.79. The van der Waals surface area contributed by atoms with E-state index in [1.54, 1.807) is 0 Å².